The highest BCUT2D eigenvalue weighted by Gasteiger charge is 2.14. The zero-order chi connectivity index (χ0) is 21.7. The molecule has 0 radical (unpaired) electrons. The first kappa shape index (κ1) is 20.8. The Morgan fingerprint density at radius 3 is 2.60 bits per heavy atom. The quantitative estimate of drug-likeness (QED) is 0.340. The smallest absolute Gasteiger partial charge is 0.419 e. The molecule has 0 saturated carbocycles. The van der Waals surface area contributed by atoms with Gasteiger partial charge in [-0.25, -0.2) is 9.59 Å². The predicted octanol–water partition coefficient (Wildman–Crippen LogP) is 2.39. The minimum atomic E-state index is -0.628. The Kier molecular flexibility index (Phi) is 6.26. The molecule has 0 spiro atoms. The molecule has 3 rings (SSSR count). The molecule has 10 nitrogen and oxygen atoms in total. The number of oxazole rings is 1. The van der Waals surface area contributed by atoms with E-state index in [-0.39, 0.29) is 30.1 Å². The average molecular weight is 413 g/mol. The number of hydrogen-bond acceptors (Lipinski definition) is 7. The number of amides is 1. The van der Waals surface area contributed by atoms with Crippen molar-refractivity contribution in [2.75, 3.05) is 7.11 Å². The van der Waals surface area contributed by atoms with Gasteiger partial charge in [0.15, 0.2) is 5.58 Å². The molecule has 1 heterocycles. The van der Waals surface area contributed by atoms with Crippen LogP contribution in [-0.4, -0.2) is 28.5 Å². The molecular weight excluding hydrogens is 394 g/mol. The molecule has 0 aliphatic heterocycles. The summed E-state index contributed by atoms with van der Waals surface area (Å²) in [7, 11) is 1.31. The Morgan fingerprint density at radius 2 is 1.93 bits per heavy atom. The summed E-state index contributed by atoms with van der Waals surface area (Å²) in [5.41, 5.74) is 1.67. The highest BCUT2D eigenvalue weighted by atomic mass is 16.6. The first-order valence-electron chi connectivity index (χ1n) is 9.11. The number of methoxy groups -OCH3 is 1. The maximum atomic E-state index is 12.1. The molecule has 2 aromatic carbocycles. The number of nitrogens with one attached hydrogen (secondary N) is 1. The maximum absolute atomic E-state index is 12.1. The van der Waals surface area contributed by atoms with E-state index in [0.717, 1.165) is 5.56 Å². The van der Waals surface area contributed by atoms with E-state index >= 15 is 0 Å². The van der Waals surface area contributed by atoms with Crippen LogP contribution in [0.3, 0.4) is 0 Å². The van der Waals surface area contributed by atoms with Gasteiger partial charge in [0.2, 0.25) is 5.91 Å². The van der Waals surface area contributed by atoms with E-state index in [1.54, 1.807) is 24.3 Å². The number of hydrogen-bond donors (Lipinski definition) is 1. The number of fused-ring (bicyclic) bond motifs is 1. The fourth-order valence-corrected chi connectivity index (χ4v) is 2.94. The zero-order valence-corrected chi connectivity index (χ0v) is 16.1. The third-order valence-corrected chi connectivity index (χ3v) is 4.51. The number of esters is 1. The van der Waals surface area contributed by atoms with Gasteiger partial charge in [-0.1, -0.05) is 12.1 Å². The van der Waals surface area contributed by atoms with Gasteiger partial charge < -0.3 is 14.5 Å². The fraction of sp³-hybridized carbons (Fsp3) is 0.250. The van der Waals surface area contributed by atoms with Crippen molar-refractivity contribution >= 4 is 28.7 Å². The van der Waals surface area contributed by atoms with Crippen LogP contribution in [0.1, 0.15) is 28.8 Å². The molecule has 30 heavy (non-hydrogen) atoms. The fourth-order valence-electron chi connectivity index (χ4n) is 2.94. The number of aromatic nitrogens is 1. The third kappa shape index (κ3) is 4.72. The lowest BCUT2D eigenvalue weighted by atomic mass is 10.1. The number of ether oxygens (including phenoxy) is 1. The zero-order valence-electron chi connectivity index (χ0n) is 16.1. The van der Waals surface area contributed by atoms with E-state index in [1.807, 2.05) is 0 Å². The molecular formula is C20H19N3O7. The molecule has 0 aliphatic carbocycles. The van der Waals surface area contributed by atoms with Crippen LogP contribution in [0.25, 0.3) is 11.1 Å². The van der Waals surface area contributed by atoms with Gasteiger partial charge in [0, 0.05) is 25.6 Å². The highest BCUT2D eigenvalue weighted by molar-refractivity contribution is 5.89. The molecule has 156 valence electrons. The maximum Gasteiger partial charge on any atom is 0.419 e. The Morgan fingerprint density at radius 1 is 1.20 bits per heavy atom. The monoisotopic (exact) mass is 413 g/mol. The van der Waals surface area contributed by atoms with E-state index in [1.165, 1.54) is 29.9 Å². The van der Waals surface area contributed by atoms with E-state index < -0.39 is 16.6 Å². The number of carbonyl (C=O) groups is 2. The van der Waals surface area contributed by atoms with Crippen molar-refractivity contribution < 1.29 is 23.7 Å². The van der Waals surface area contributed by atoms with Crippen molar-refractivity contribution in [2.45, 2.75) is 25.9 Å². The summed E-state index contributed by atoms with van der Waals surface area (Å²) in [5, 5.41) is 13.6. The minimum absolute atomic E-state index is 0.133. The van der Waals surface area contributed by atoms with E-state index in [2.05, 4.69) is 10.1 Å². The Labute approximate surface area is 170 Å². The van der Waals surface area contributed by atoms with Crippen molar-refractivity contribution in [1.82, 2.24) is 9.88 Å². The summed E-state index contributed by atoms with van der Waals surface area (Å²) in [5.74, 6) is -1.25. The van der Waals surface area contributed by atoms with Crippen molar-refractivity contribution in [3.05, 3.63) is 74.3 Å². The molecule has 3 aromatic rings. The second-order valence-electron chi connectivity index (χ2n) is 6.50. The lowest BCUT2D eigenvalue weighted by molar-refractivity contribution is -0.384. The number of non-ortho nitro benzene ring substituents is 1. The molecule has 0 atom stereocenters. The van der Waals surface area contributed by atoms with Crippen LogP contribution in [0.2, 0.25) is 0 Å². The van der Waals surface area contributed by atoms with Crippen molar-refractivity contribution in [1.29, 1.82) is 0 Å². The van der Waals surface area contributed by atoms with Crippen LogP contribution in [0.15, 0.2) is 51.7 Å². The molecule has 0 aliphatic rings. The molecule has 1 aromatic heterocycles. The van der Waals surface area contributed by atoms with Crippen LogP contribution in [0.5, 0.6) is 0 Å². The van der Waals surface area contributed by atoms with Gasteiger partial charge in [0.1, 0.15) is 0 Å². The van der Waals surface area contributed by atoms with Gasteiger partial charge in [-0.2, -0.15) is 0 Å². The topological polar surface area (TPSA) is 134 Å². The Hall–Kier alpha value is -3.95. The molecule has 0 fully saturated rings. The van der Waals surface area contributed by atoms with Crippen LogP contribution in [0.4, 0.5) is 5.69 Å². The molecule has 0 bridgehead atoms. The van der Waals surface area contributed by atoms with E-state index in [4.69, 9.17) is 4.42 Å². The molecule has 0 unspecified atom stereocenters. The first-order valence-corrected chi connectivity index (χ1v) is 9.11. The van der Waals surface area contributed by atoms with Crippen molar-refractivity contribution in [2.24, 2.45) is 0 Å². The number of nitrogens with zero attached hydrogens (tertiary/aromatic N) is 2. The highest BCUT2D eigenvalue weighted by Crippen LogP contribution is 2.20. The summed E-state index contributed by atoms with van der Waals surface area (Å²) < 4.78 is 11.0. The number of carbonyl (C=O) groups excluding carboxylic acids is 2. The second kappa shape index (κ2) is 9.03. The van der Waals surface area contributed by atoms with Crippen molar-refractivity contribution in [3.63, 3.8) is 0 Å². The molecule has 0 saturated heterocycles. The molecule has 1 N–H and O–H groups in total. The Balaban J connectivity index is 1.52. The van der Waals surface area contributed by atoms with Crippen LogP contribution in [-0.2, 0) is 22.6 Å². The number of aryl methyl sites for hydroxylation is 1. The second-order valence-corrected chi connectivity index (χ2v) is 6.50. The van der Waals surface area contributed by atoms with Crippen LogP contribution < -0.4 is 11.1 Å². The summed E-state index contributed by atoms with van der Waals surface area (Å²) in [6.07, 6.45) is 0.574. The van der Waals surface area contributed by atoms with Gasteiger partial charge >= 0.3 is 11.7 Å². The largest absolute Gasteiger partial charge is 0.465 e. The van der Waals surface area contributed by atoms with Gasteiger partial charge in [0.25, 0.3) is 5.69 Å². The molecule has 1 amide bonds. The normalized spacial score (nSPS) is 10.7. The van der Waals surface area contributed by atoms with Crippen molar-refractivity contribution in [3.8, 4) is 0 Å². The van der Waals surface area contributed by atoms with E-state index in [0.29, 0.717) is 24.0 Å². The van der Waals surface area contributed by atoms with Gasteiger partial charge in [-0.05, 0) is 30.2 Å². The van der Waals surface area contributed by atoms with Gasteiger partial charge in [0.05, 0.1) is 29.2 Å². The third-order valence-electron chi connectivity index (χ3n) is 4.51. The summed E-state index contributed by atoms with van der Waals surface area (Å²) in [4.78, 5) is 45.7. The lowest BCUT2D eigenvalue weighted by Gasteiger charge is -2.07. The summed E-state index contributed by atoms with van der Waals surface area (Å²) in [6.45, 7) is 0.545. The van der Waals surface area contributed by atoms with Gasteiger partial charge in [-0.15, -0.1) is 0 Å². The number of nitro groups is 1. The number of benzene rings is 2. The number of rotatable bonds is 8. The first-order chi connectivity index (χ1) is 14.4. The summed E-state index contributed by atoms with van der Waals surface area (Å²) in [6, 6.07) is 10.6. The SMILES string of the molecule is COC(=O)c1ccc(CNC(=O)CCCn2c(=O)oc3cc([N+](=O)[O-])ccc32)cc1. The number of nitro benzene ring substituents is 1. The van der Waals surface area contributed by atoms with Crippen LogP contribution in [0, 0.1) is 10.1 Å². The summed E-state index contributed by atoms with van der Waals surface area (Å²) >= 11 is 0. The average Bonchev–Trinajstić information content (AvgIpc) is 3.06. The predicted molar refractivity (Wildman–Crippen MR) is 106 cm³/mol. The van der Waals surface area contributed by atoms with Gasteiger partial charge in [-0.3, -0.25) is 19.5 Å². The van der Waals surface area contributed by atoms with E-state index in [9.17, 15) is 24.5 Å². The molecule has 10 heteroatoms. The minimum Gasteiger partial charge on any atom is -0.465 e. The Bertz CT molecular complexity index is 1150. The lowest BCUT2D eigenvalue weighted by Crippen LogP contribution is -2.23. The van der Waals surface area contributed by atoms with Crippen LogP contribution >= 0.6 is 0 Å². The standard InChI is InChI=1S/C20H19N3O7/c1-29-19(25)14-6-4-13(5-7-14)12-21-18(24)3-2-10-22-16-9-8-15(23(27)28)11-17(16)30-20(22)26/h4-9,11H,2-3,10,12H2,1H3,(H,21,24).